The van der Waals surface area contributed by atoms with Gasteiger partial charge < -0.3 is 0 Å². The first-order valence-corrected chi connectivity index (χ1v) is 12.1. The van der Waals surface area contributed by atoms with Crippen LogP contribution >= 0.6 is 0 Å². The number of hydrogen-bond donors (Lipinski definition) is 0. The second kappa shape index (κ2) is 10.4. The molecule has 4 aliphatic rings. The van der Waals surface area contributed by atoms with E-state index >= 15 is 0 Å². The van der Waals surface area contributed by atoms with Gasteiger partial charge in [-0.05, 0) is 79.4 Å². The van der Waals surface area contributed by atoms with Crippen molar-refractivity contribution in [3.8, 4) is 0 Å². The van der Waals surface area contributed by atoms with E-state index in [0.29, 0.717) is 0 Å². The van der Waals surface area contributed by atoms with Gasteiger partial charge in [-0.2, -0.15) is 0 Å². The molecule has 0 spiro atoms. The summed E-state index contributed by atoms with van der Waals surface area (Å²) in [6.07, 6.45) is 17.1. The molecule has 0 N–H and O–H groups in total. The Balaban J connectivity index is 0.000000475. The molecular weight excluding hydrogens is 300 g/mol. The summed E-state index contributed by atoms with van der Waals surface area (Å²) in [6, 6.07) is 0. The maximum Gasteiger partial charge on any atom is -0.0264 e. The Morgan fingerprint density at radius 1 is 0.520 bits per heavy atom. The van der Waals surface area contributed by atoms with Gasteiger partial charge in [0.15, 0.2) is 0 Å². The molecular formula is C25H50. The van der Waals surface area contributed by atoms with E-state index in [1.165, 1.54) is 19.3 Å². The van der Waals surface area contributed by atoms with Gasteiger partial charge in [-0.1, -0.05) is 81.1 Å². The number of fused-ring (bicyclic) bond motifs is 5. The molecule has 0 radical (unpaired) electrons. The molecule has 0 nitrogen and oxygen atoms in total. The lowest BCUT2D eigenvalue weighted by atomic mass is 9.44. The highest BCUT2D eigenvalue weighted by atomic mass is 14.6. The minimum absolute atomic E-state index is 0.734. The zero-order valence-electron chi connectivity index (χ0n) is 19.1. The fraction of sp³-hybridized carbons (Fsp3) is 1.00. The molecule has 0 amide bonds. The van der Waals surface area contributed by atoms with Crippen LogP contribution in [0.5, 0.6) is 0 Å². The van der Waals surface area contributed by atoms with E-state index in [4.69, 9.17) is 0 Å². The molecule has 0 heteroatoms. The van der Waals surface area contributed by atoms with E-state index in [0.717, 1.165) is 34.5 Å². The van der Waals surface area contributed by atoms with Crippen LogP contribution in [0, 0.1) is 34.5 Å². The number of rotatable bonds is 0. The normalized spacial score (nSPS) is 44.2. The monoisotopic (exact) mass is 350 g/mol. The quantitative estimate of drug-likeness (QED) is 0.409. The van der Waals surface area contributed by atoms with E-state index in [1.807, 2.05) is 41.5 Å². The van der Waals surface area contributed by atoms with Gasteiger partial charge in [0.05, 0.1) is 0 Å². The van der Waals surface area contributed by atoms with E-state index in [2.05, 4.69) is 13.8 Å². The van der Waals surface area contributed by atoms with Crippen molar-refractivity contribution in [2.45, 2.75) is 126 Å². The lowest BCUT2D eigenvalue weighted by Gasteiger charge is -2.61. The smallest absolute Gasteiger partial charge is 0.0264 e. The van der Waals surface area contributed by atoms with Crippen LogP contribution in [0.1, 0.15) is 126 Å². The summed E-state index contributed by atoms with van der Waals surface area (Å²) in [4.78, 5) is 0. The van der Waals surface area contributed by atoms with Gasteiger partial charge >= 0.3 is 0 Å². The summed E-state index contributed by atoms with van der Waals surface area (Å²) in [6.45, 7) is 17.4. The summed E-state index contributed by atoms with van der Waals surface area (Å²) in [7, 11) is 0. The van der Waals surface area contributed by atoms with Crippen LogP contribution in [-0.4, -0.2) is 0 Å². The molecule has 5 unspecified atom stereocenters. The second-order valence-electron chi connectivity index (χ2n) is 8.99. The van der Waals surface area contributed by atoms with E-state index in [9.17, 15) is 0 Å². The highest BCUT2D eigenvalue weighted by Crippen LogP contribution is 2.67. The molecule has 0 bridgehead atoms. The van der Waals surface area contributed by atoms with E-state index in [1.54, 1.807) is 51.4 Å². The molecule has 0 heterocycles. The van der Waals surface area contributed by atoms with Gasteiger partial charge in [-0.3, -0.25) is 0 Å². The lowest BCUT2D eigenvalue weighted by Crippen LogP contribution is -2.53. The Kier molecular flexibility index (Phi) is 9.55. The summed E-state index contributed by atoms with van der Waals surface area (Å²) < 4.78 is 0. The van der Waals surface area contributed by atoms with Gasteiger partial charge in [0, 0.05) is 0 Å². The maximum atomic E-state index is 2.72. The molecule has 0 aromatic carbocycles. The SMILES string of the molecule is CC.CC.CC.CC12CCCC1C1CCC3CCCCC3[C@@]1(C)CC2. The van der Waals surface area contributed by atoms with Crippen molar-refractivity contribution in [1.29, 1.82) is 0 Å². The van der Waals surface area contributed by atoms with E-state index in [-0.39, 0.29) is 0 Å². The van der Waals surface area contributed by atoms with Gasteiger partial charge in [0.1, 0.15) is 0 Å². The minimum atomic E-state index is 0.734. The first-order valence-electron chi connectivity index (χ1n) is 12.1. The largest absolute Gasteiger partial charge is 0.0683 e. The summed E-state index contributed by atoms with van der Waals surface area (Å²) >= 11 is 0. The molecule has 6 atom stereocenters. The van der Waals surface area contributed by atoms with Gasteiger partial charge in [0.2, 0.25) is 0 Å². The third-order valence-corrected chi connectivity index (χ3v) is 8.33. The molecule has 25 heavy (non-hydrogen) atoms. The maximum absolute atomic E-state index is 2.72. The van der Waals surface area contributed by atoms with Gasteiger partial charge in [-0.25, -0.2) is 0 Å². The predicted molar refractivity (Wildman–Crippen MR) is 115 cm³/mol. The zero-order chi connectivity index (χ0) is 19.1. The fourth-order valence-electron chi connectivity index (χ4n) is 7.26. The Morgan fingerprint density at radius 3 is 1.80 bits per heavy atom. The molecule has 0 aliphatic heterocycles. The van der Waals surface area contributed by atoms with Crippen molar-refractivity contribution in [2.75, 3.05) is 0 Å². The molecule has 0 aromatic rings. The van der Waals surface area contributed by atoms with E-state index < -0.39 is 0 Å². The van der Waals surface area contributed by atoms with Gasteiger partial charge in [0.25, 0.3) is 0 Å². The Labute approximate surface area is 160 Å². The zero-order valence-corrected chi connectivity index (χ0v) is 19.1. The highest BCUT2D eigenvalue weighted by molar-refractivity contribution is 5.07. The Hall–Kier alpha value is 0. The van der Waals surface area contributed by atoms with Crippen LogP contribution in [-0.2, 0) is 0 Å². The predicted octanol–water partition coefficient (Wildman–Crippen LogP) is 8.89. The van der Waals surface area contributed by atoms with Crippen molar-refractivity contribution in [2.24, 2.45) is 34.5 Å². The first-order chi connectivity index (χ1) is 12.1. The molecule has 0 aromatic heterocycles. The third-order valence-electron chi connectivity index (χ3n) is 8.33. The van der Waals surface area contributed by atoms with Gasteiger partial charge in [-0.15, -0.1) is 0 Å². The molecule has 4 rings (SSSR count). The Morgan fingerprint density at radius 2 is 1.12 bits per heavy atom. The van der Waals surface area contributed by atoms with Crippen LogP contribution in [0.15, 0.2) is 0 Å². The molecule has 150 valence electrons. The van der Waals surface area contributed by atoms with Crippen LogP contribution < -0.4 is 0 Å². The lowest BCUT2D eigenvalue weighted by molar-refractivity contribution is -0.115. The summed E-state index contributed by atoms with van der Waals surface area (Å²) in [5, 5.41) is 0. The van der Waals surface area contributed by atoms with Crippen molar-refractivity contribution >= 4 is 0 Å². The average molecular weight is 351 g/mol. The molecule has 0 saturated heterocycles. The van der Waals surface area contributed by atoms with Crippen LogP contribution in [0.4, 0.5) is 0 Å². The first kappa shape index (κ1) is 23.0. The average Bonchev–Trinajstić information content (AvgIpc) is 3.08. The molecule has 4 fully saturated rings. The summed E-state index contributed by atoms with van der Waals surface area (Å²) in [5.74, 6) is 4.40. The fourth-order valence-corrected chi connectivity index (χ4v) is 7.26. The minimum Gasteiger partial charge on any atom is -0.0683 e. The number of hydrogen-bond acceptors (Lipinski definition) is 0. The standard InChI is InChI=1S/C19H32.3C2H6/c1-18-11-5-8-16(18)17-10-9-14-6-3-4-7-15(14)19(17,2)13-12-18;3*1-2/h14-17H,3-13H2,1-2H3;3*1-2H3/t14?,15?,16?,17?,18?,19-;;;/m1.../s1. The van der Waals surface area contributed by atoms with Crippen molar-refractivity contribution in [1.82, 2.24) is 0 Å². The van der Waals surface area contributed by atoms with Crippen molar-refractivity contribution in [3.05, 3.63) is 0 Å². The van der Waals surface area contributed by atoms with Crippen LogP contribution in [0.3, 0.4) is 0 Å². The Bertz CT molecular complexity index is 359. The van der Waals surface area contributed by atoms with Crippen molar-refractivity contribution < 1.29 is 0 Å². The third kappa shape index (κ3) is 4.30. The molecule has 4 saturated carbocycles. The summed E-state index contributed by atoms with van der Waals surface area (Å²) in [5.41, 5.74) is 1.48. The highest BCUT2D eigenvalue weighted by Gasteiger charge is 2.58. The second-order valence-corrected chi connectivity index (χ2v) is 8.99. The van der Waals surface area contributed by atoms with Crippen LogP contribution in [0.2, 0.25) is 0 Å². The van der Waals surface area contributed by atoms with Crippen LogP contribution in [0.25, 0.3) is 0 Å². The molecule has 4 aliphatic carbocycles. The topological polar surface area (TPSA) is 0 Å². The van der Waals surface area contributed by atoms with Crippen molar-refractivity contribution in [3.63, 3.8) is 0 Å².